The minimum atomic E-state index is -1.07. The number of aliphatic carboxylic acids is 1. The maximum atomic E-state index is 12.2. The lowest BCUT2D eigenvalue weighted by molar-refractivity contribution is -0.138. The molecule has 26 heavy (non-hydrogen) atoms. The standard InChI is InChI=1S/C19H22N4O3/c1-12-4-2-3-5-15(12)11-22-19(21)23-17(24)14-8-6-13(7-9-14)10-16(20)18(25)26/h2-9,16H,10-11,20H2,1H3,(H,25,26)(H3,21,22,23,24)/t16-/m0/s1. The molecule has 0 saturated carbocycles. The van der Waals surface area contributed by atoms with Crippen LogP contribution in [0.5, 0.6) is 0 Å². The number of nitrogens with zero attached hydrogens (tertiary/aromatic N) is 1. The van der Waals surface area contributed by atoms with Crippen LogP contribution in [0.15, 0.2) is 53.5 Å². The summed E-state index contributed by atoms with van der Waals surface area (Å²) >= 11 is 0. The number of amides is 1. The molecule has 0 aromatic heterocycles. The largest absolute Gasteiger partial charge is 0.480 e. The molecule has 0 heterocycles. The number of hydrogen-bond acceptors (Lipinski definition) is 4. The number of guanidine groups is 1. The summed E-state index contributed by atoms with van der Waals surface area (Å²) < 4.78 is 0. The molecule has 0 unspecified atom stereocenters. The van der Waals surface area contributed by atoms with Gasteiger partial charge in [-0.2, -0.15) is 0 Å². The van der Waals surface area contributed by atoms with E-state index in [9.17, 15) is 9.59 Å². The van der Waals surface area contributed by atoms with Gasteiger partial charge in [-0.3, -0.25) is 14.9 Å². The molecule has 0 aliphatic carbocycles. The predicted molar refractivity (Wildman–Crippen MR) is 99.7 cm³/mol. The summed E-state index contributed by atoms with van der Waals surface area (Å²) in [5, 5.41) is 11.4. The number of nitrogens with two attached hydrogens (primary N) is 2. The minimum absolute atomic E-state index is 0.0372. The highest BCUT2D eigenvalue weighted by atomic mass is 16.4. The Morgan fingerprint density at radius 3 is 2.42 bits per heavy atom. The number of carboxylic acid groups (broad SMARTS) is 1. The van der Waals surface area contributed by atoms with Gasteiger partial charge in [0.05, 0.1) is 6.54 Å². The Morgan fingerprint density at radius 1 is 1.15 bits per heavy atom. The van der Waals surface area contributed by atoms with Gasteiger partial charge in [0.15, 0.2) is 5.96 Å². The van der Waals surface area contributed by atoms with Crippen LogP contribution < -0.4 is 16.8 Å². The highest BCUT2D eigenvalue weighted by molar-refractivity contribution is 6.05. The molecule has 0 aliphatic heterocycles. The summed E-state index contributed by atoms with van der Waals surface area (Å²) in [6.45, 7) is 2.36. The number of benzene rings is 2. The van der Waals surface area contributed by atoms with E-state index in [-0.39, 0.29) is 18.3 Å². The van der Waals surface area contributed by atoms with Crippen LogP contribution in [-0.4, -0.2) is 29.0 Å². The van der Waals surface area contributed by atoms with Crippen molar-refractivity contribution in [2.24, 2.45) is 16.5 Å². The zero-order valence-corrected chi connectivity index (χ0v) is 14.5. The van der Waals surface area contributed by atoms with Crippen LogP contribution in [0, 0.1) is 6.92 Å². The highest BCUT2D eigenvalue weighted by Gasteiger charge is 2.13. The number of carboxylic acids is 1. The Hall–Kier alpha value is -3.19. The normalized spacial score (nSPS) is 12.5. The molecule has 0 bridgehead atoms. The summed E-state index contributed by atoms with van der Waals surface area (Å²) in [4.78, 5) is 27.1. The molecule has 2 aromatic rings. The van der Waals surface area contributed by atoms with E-state index >= 15 is 0 Å². The summed E-state index contributed by atoms with van der Waals surface area (Å²) in [6, 6.07) is 13.3. The number of rotatable bonds is 6. The average molecular weight is 354 g/mol. The van der Waals surface area contributed by atoms with Gasteiger partial charge in [-0.25, -0.2) is 4.99 Å². The molecule has 7 nitrogen and oxygen atoms in total. The predicted octanol–water partition coefficient (Wildman–Crippen LogP) is 1.19. The molecule has 0 fully saturated rings. The lowest BCUT2D eigenvalue weighted by Gasteiger charge is -2.08. The molecule has 1 amide bonds. The van der Waals surface area contributed by atoms with E-state index in [1.165, 1.54) is 0 Å². The third-order valence-corrected chi connectivity index (χ3v) is 3.91. The molecule has 0 radical (unpaired) electrons. The number of nitrogens with one attached hydrogen (secondary N) is 1. The number of hydrogen-bond donors (Lipinski definition) is 4. The van der Waals surface area contributed by atoms with Gasteiger partial charge in [-0.05, 0) is 42.2 Å². The van der Waals surface area contributed by atoms with Crippen molar-refractivity contribution in [3.05, 3.63) is 70.8 Å². The quantitative estimate of drug-likeness (QED) is 0.457. The van der Waals surface area contributed by atoms with Gasteiger partial charge in [-0.1, -0.05) is 36.4 Å². The third-order valence-electron chi connectivity index (χ3n) is 3.91. The average Bonchev–Trinajstić information content (AvgIpc) is 2.61. The maximum absolute atomic E-state index is 12.2. The van der Waals surface area contributed by atoms with Crippen molar-refractivity contribution in [2.75, 3.05) is 0 Å². The first kappa shape index (κ1) is 19.1. The van der Waals surface area contributed by atoms with Gasteiger partial charge >= 0.3 is 5.97 Å². The van der Waals surface area contributed by atoms with Crippen LogP contribution in [-0.2, 0) is 17.8 Å². The van der Waals surface area contributed by atoms with Crippen molar-refractivity contribution in [3.63, 3.8) is 0 Å². The van der Waals surface area contributed by atoms with Gasteiger partial charge in [0.1, 0.15) is 6.04 Å². The Morgan fingerprint density at radius 2 is 1.81 bits per heavy atom. The fraction of sp³-hybridized carbons (Fsp3) is 0.211. The van der Waals surface area contributed by atoms with E-state index < -0.39 is 12.0 Å². The molecular weight excluding hydrogens is 332 g/mol. The molecule has 0 saturated heterocycles. The summed E-state index contributed by atoms with van der Waals surface area (Å²) in [6.07, 6.45) is 0.192. The molecule has 0 aliphatic rings. The highest BCUT2D eigenvalue weighted by Crippen LogP contribution is 2.08. The van der Waals surface area contributed by atoms with Crippen LogP contribution in [0.3, 0.4) is 0 Å². The van der Waals surface area contributed by atoms with E-state index in [0.29, 0.717) is 12.1 Å². The van der Waals surface area contributed by atoms with Crippen molar-refractivity contribution in [1.29, 1.82) is 0 Å². The second-order valence-electron chi connectivity index (χ2n) is 5.93. The van der Waals surface area contributed by atoms with E-state index in [0.717, 1.165) is 16.7 Å². The molecular formula is C19H22N4O3. The van der Waals surface area contributed by atoms with E-state index in [1.54, 1.807) is 24.3 Å². The van der Waals surface area contributed by atoms with Gasteiger partial charge in [0.2, 0.25) is 0 Å². The lowest BCUT2D eigenvalue weighted by atomic mass is 10.0. The number of carbonyl (C=O) groups is 2. The second-order valence-corrected chi connectivity index (χ2v) is 5.93. The van der Waals surface area contributed by atoms with Gasteiger partial charge in [0.25, 0.3) is 5.91 Å². The fourth-order valence-corrected chi connectivity index (χ4v) is 2.32. The van der Waals surface area contributed by atoms with Crippen molar-refractivity contribution >= 4 is 17.8 Å². The molecule has 2 aromatic carbocycles. The smallest absolute Gasteiger partial charge is 0.320 e. The van der Waals surface area contributed by atoms with Crippen molar-refractivity contribution in [2.45, 2.75) is 25.9 Å². The van der Waals surface area contributed by atoms with E-state index in [2.05, 4.69) is 10.3 Å². The second kappa shape index (κ2) is 8.77. The van der Waals surface area contributed by atoms with Gasteiger partial charge in [0, 0.05) is 5.56 Å². The molecule has 1 atom stereocenters. The van der Waals surface area contributed by atoms with Crippen LogP contribution >= 0.6 is 0 Å². The van der Waals surface area contributed by atoms with E-state index in [4.69, 9.17) is 16.6 Å². The first-order chi connectivity index (χ1) is 12.4. The van der Waals surface area contributed by atoms with E-state index in [1.807, 2.05) is 31.2 Å². The molecule has 7 heteroatoms. The summed E-state index contributed by atoms with van der Waals surface area (Å²) in [5.41, 5.74) is 14.5. The lowest BCUT2D eigenvalue weighted by Crippen LogP contribution is -2.36. The zero-order valence-electron chi connectivity index (χ0n) is 14.5. The van der Waals surface area contributed by atoms with Crippen LogP contribution in [0.1, 0.15) is 27.0 Å². The molecule has 0 spiro atoms. The first-order valence-corrected chi connectivity index (χ1v) is 8.10. The van der Waals surface area contributed by atoms with Crippen LogP contribution in [0.4, 0.5) is 0 Å². The van der Waals surface area contributed by atoms with Crippen molar-refractivity contribution in [3.8, 4) is 0 Å². The SMILES string of the molecule is Cc1ccccc1CN=C(N)NC(=O)c1ccc(C[C@H](N)C(=O)O)cc1. The van der Waals surface area contributed by atoms with Crippen molar-refractivity contribution in [1.82, 2.24) is 5.32 Å². The third kappa shape index (κ3) is 5.42. The van der Waals surface area contributed by atoms with Crippen molar-refractivity contribution < 1.29 is 14.7 Å². The fourth-order valence-electron chi connectivity index (χ4n) is 2.32. The Labute approximate surface area is 151 Å². The number of aliphatic imine (C=N–C) groups is 1. The molecule has 6 N–H and O–H groups in total. The van der Waals surface area contributed by atoms with Crippen LogP contribution in [0.25, 0.3) is 0 Å². The number of carbonyl (C=O) groups excluding carboxylic acids is 1. The Balaban J connectivity index is 1.95. The summed E-state index contributed by atoms with van der Waals surface area (Å²) in [5.74, 6) is -1.41. The molecule has 136 valence electrons. The maximum Gasteiger partial charge on any atom is 0.320 e. The number of aryl methyl sites for hydroxylation is 1. The van der Waals surface area contributed by atoms with Crippen LogP contribution in [0.2, 0.25) is 0 Å². The summed E-state index contributed by atoms with van der Waals surface area (Å²) in [7, 11) is 0. The van der Waals surface area contributed by atoms with Gasteiger partial charge < -0.3 is 16.6 Å². The minimum Gasteiger partial charge on any atom is -0.480 e. The Kier molecular flexibility index (Phi) is 6.46. The molecule has 2 rings (SSSR count). The zero-order chi connectivity index (χ0) is 19.1. The Bertz CT molecular complexity index is 816. The monoisotopic (exact) mass is 354 g/mol. The first-order valence-electron chi connectivity index (χ1n) is 8.10. The van der Waals surface area contributed by atoms with Gasteiger partial charge in [-0.15, -0.1) is 0 Å². The topological polar surface area (TPSA) is 131 Å².